The molecular weight excluding hydrogens is 263 g/mol. The Kier molecular flexibility index (Phi) is 4.05. The van der Waals surface area contributed by atoms with Gasteiger partial charge in [0.2, 0.25) is 0 Å². The third-order valence-electron chi connectivity index (χ3n) is 3.39. The fourth-order valence-corrected chi connectivity index (χ4v) is 2.52. The molecule has 0 spiro atoms. The van der Waals surface area contributed by atoms with Gasteiger partial charge in [-0.2, -0.15) is 13.2 Å². The van der Waals surface area contributed by atoms with Crippen LogP contribution in [-0.2, 0) is 6.18 Å². The van der Waals surface area contributed by atoms with Crippen LogP contribution in [0.15, 0.2) is 24.3 Å². The lowest BCUT2D eigenvalue weighted by Gasteiger charge is -2.33. The van der Waals surface area contributed by atoms with Gasteiger partial charge in [-0.1, -0.05) is 0 Å². The van der Waals surface area contributed by atoms with E-state index in [4.69, 9.17) is 11.6 Å². The molecule has 0 atom stereocenters. The van der Waals surface area contributed by atoms with Gasteiger partial charge in [-0.25, -0.2) is 0 Å². The molecule has 0 unspecified atom stereocenters. The molecule has 0 amide bonds. The Balaban J connectivity index is 2.02. The van der Waals surface area contributed by atoms with Crippen molar-refractivity contribution in [2.75, 3.05) is 23.9 Å². The molecule has 0 aliphatic carbocycles. The molecule has 0 saturated carbocycles. The number of benzene rings is 1. The lowest BCUT2D eigenvalue weighted by atomic mass is 9.98. The molecule has 0 bridgehead atoms. The molecule has 0 radical (unpaired) electrons. The van der Waals surface area contributed by atoms with E-state index >= 15 is 0 Å². The maximum absolute atomic E-state index is 12.4. The smallest absolute Gasteiger partial charge is 0.372 e. The van der Waals surface area contributed by atoms with Crippen LogP contribution in [-0.4, -0.2) is 19.0 Å². The fourth-order valence-electron chi connectivity index (χ4n) is 2.21. The maximum Gasteiger partial charge on any atom is 0.416 e. The molecule has 1 heterocycles. The summed E-state index contributed by atoms with van der Waals surface area (Å²) in [5.74, 6) is 1.21. The minimum atomic E-state index is -4.26. The normalized spacial score (nSPS) is 18.1. The third kappa shape index (κ3) is 3.10. The largest absolute Gasteiger partial charge is 0.416 e. The first-order valence-corrected chi connectivity index (χ1v) is 6.52. The first kappa shape index (κ1) is 13.5. The Morgan fingerprint density at radius 1 is 1.11 bits per heavy atom. The van der Waals surface area contributed by atoms with Crippen molar-refractivity contribution < 1.29 is 13.2 Å². The average Bonchev–Trinajstić information content (AvgIpc) is 2.38. The number of nitrogens with zero attached hydrogens (tertiary/aromatic N) is 1. The predicted octanol–water partition coefficient (Wildman–Crippen LogP) is 4.16. The van der Waals surface area contributed by atoms with Crippen molar-refractivity contribution in [3.8, 4) is 0 Å². The van der Waals surface area contributed by atoms with Crippen LogP contribution in [0.4, 0.5) is 18.9 Å². The summed E-state index contributed by atoms with van der Waals surface area (Å²) in [6, 6.07) is 5.37. The van der Waals surface area contributed by atoms with E-state index in [2.05, 4.69) is 4.90 Å². The Morgan fingerprint density at radius 2 is 1.67 bits per heavy atom. The Morgan fingerprint density at radius 3 is 2.11 bits per heavy atom. The summed E-state index contributed by atoms with van der Waals surface area (Å²) in [5.41, 5.74) is 0.262. The topological polar surface area (TPSA) is 3.24 Å². The van der Waals surface area contributed by atoms with Crippen molar-refractivity contribution in [3.63, 3.8) is 0 Å². The highest BCUT2D eigenvalue weighted by atomic mass is 35.5. The zero-order valence-corrected chi connectivity index (χ0v) is 10.6. The number of halogens is 4. The fraction of sp³-hybridized carbons (Fsp3) is 0.538. The van der Waals surface area contributed by atoms with Crippen LogP contribution >= 0.6 is 11.6 Å². The molecule has 100 valence electrons. The Hall–Kier alpha value is -0.900. The molecule has 1 saturated heterocycles. The van der Waals surface area contributed by atoms with Crippen molar-refractivity contribution in [2.24, 2.45) is 5.92 Å². The van der Waals surface area contributed by atoms with Crippen LogP contribution in [0.25, 0.3) is 0 Å². The lowest BCUT2D eigenvalue weighted by Crippen LogP contribution is -2.34. The van der Waals surface area contributed by atoms with Crippen LogP contribution in [0, 0.1) is 5.92 Å². The molecule has 1 aromatic rings. The van der Waals surface area contributed by atoms with E-state index in [9.17, 15) is 13.2 Å². The Labute approximate surface area is 110 Å². The summed E-state index contributed by atoms with van der Waals surface area (Å²) in [6.07, 6.45) is -2.25. The van der Waals surface area contributed by atoms with Crippen LogP contribution in [0.2, 0.25) is 0 Å². The highest BCUT2D eigenvalue weighted by Crippen LogP contribution is 2.31. The second-order valence-corrected chi connectivity index (χ2v) is 4.94. The van der Waals surface area contributed by atoms with E-state index in [-0.39, 0.29) is 0 Å². The highest BCUT2D eigenvalue weighted by molar-refractivity contribution is 6.18. The van der Waals surface area contributed by atoms with E-state index in [1.54, 1.807) is 12.1 Å². The molecule has 1 nitrogen and oxygen atoms in total. The number of piperidine rings is 1. The number of hydrogen-bond acceptors (Lipinski definition) is 1. The second kappa shape index (κ2) is 5.39. The zero-order valence-electron chi connectivity index (χ0n) is 9.88. The number of anilines is 1. The van der Waals surface area contributed by atoms with Crippen LogP contribution < -0.4 is 4.90 Å². The van der Waals surface area contributed by atoms with Gasteiger partial charge in [0.15, 0.2) is 0 Å². The molecule has 1 fully saturated rings. The van der Waals surface area contributed by atoms with Crippen LogP contribution in [0.5, 0.6) is 0 Å². The maximum atomic E-state index is 12.4. The SMILES string of the molecule is FC(F)(F)c1ccc(N2CCC(CCl)CC2)cc1. The van der Waals surface area contributed by atoms with Gasteiger partial charge in [0.05, 0.1) is 5.56 Å². The third-order valence-corrected chi connectivity index (χ3v) is 3.83. The summed E-state index contributed by atoms with van der Waals surface area (Å²) < 4.78 is 37.3. The number of hydrogen-bond donors (Lipinski definition) is 0. The Bertz CT molecular complexity index is 380. The van der Waals surface area contributed by atoms with Gasteiger partial charge in [0.25, 0.3) is 0 Å². The highest BCUT2D eigenvalue weighted by Gasteiger charge is 2.30. The van der Waals surface area contributed by atoms with Gasteiger partial charge in [-0.05, 0) is 43.0 Å². The van der Waals surface area contributed by atoms with E-state index in [0.717, 1.165) is 43.8 Å². The number of alkyl halides is 4. The average molecular weight is 278 g/mol. The van der Waals surface area contributed by atoms with Crippen LogP contribution in [0.1, 0.15) is 18.4 Å². The van der Waals surface area contributed by atoms with Gasteiger partial charge >= 0.3 is 6.18 Å². The van der Waals surface area contributed by atoms with Gasteiger partial charge in [0, 0.05) is 24.7 Å². The van der Waals surface area contributed by atoms with Crippen molar-refractivity contribution in [1.29, 1.82) is 0 Å². The predicted molar refractivity (Wildman–Crippen MR) is 67.1 cm³/mol. The lowest BCUT2D eigenvalue weighted by molar-refractivity contribution is -0.137. The summed E-state index contributed by atoms with van der Waals surface area (Å²) in [7, 11) is 0. The van der Waals surface area contributed by atoms with Crippen molar-refractivity contribution in [3.05, 3.63) is 29.8 Å². The summed E-state index contributed by atoms with van der Waals surface area (Å²) >= 11 is 5.80. The van der Waals surface area contributed by atoms with Crippen molar-refractivity contribution >= 4 is 17.3 Å². The first-order valence-electron chi connectivity index (χ1n) is 5.99. The molecule has 0 aromatic heterocycles. The quantitative estimate of drug-likeness (QED) is 0.734. The molecule has 18 heavy (non-hydrogen) atoms. The monoisotopic (exact) mass is 277 g/mol. The molecule has 5 heteroatoms. The molecule has 1 aliphatic heterocycles. The van der Waals surface area contributed by atoms with E-state index in [1.165, 1.54) is 0 Å². The standard InChI is InChI=1S/C13H15ClF3N/c14-9-10-5-7-18(8-6-10)12-3-1-11(2-4-12)13(15,16)17/h1-4,10H,5-9H2. The minimum absolute atomic E-state index is 0.539. The van der Waals surface area contributed by atoms with E-state index < -0.39 is 11.7 Å². The van der Waals surface area contributed by atoms with E-state index in [0.29, 0.717) is 11.8 Å². The minimum Gasteiger partial charge on any atom is -0.372 e. The summed E-state index contributed by atoms with van der Waals surface area (Å²) in [4.78, 5) is 2.11. The number of rotatable bonds is 2. The van der Waals surface area contributed by atoms with Gasteiger partial charge in [0.1, 0.15) is 0 Å². The first-order chi connectivity index (χ1) is 8.50. The van der Waals surface area contributed by atoms with Gasteiger partial charge in [-0.15, -0.1) is 11.6 Å². The molecule has 1 aromatic carbocycles. The van der Waals surface area contributed by atoms with Crippen molar-refractivity contribution in [2.45, 2.75) is 19.0 Å². The molecule has 1 aliphatic rings. The molecule has 0 N–H and O–H groups in total. The van der Waals surface area contributed by atoms with Crippen LogP contribution in [0.3, 0.4) is 0 Å². The van der Waals surface area contributed by atoms with Gasteiger partial charge < -0.3 is 4.90 Å². The molecule has 2 rings (SSSR count). The summed E-state index contributed by atoms with van der Waals surface area (Å²) in [5, 5.41) is 0. The van der Waals surface area contributed by atoms with E-state index in [1.807, 2.05) is 0 Å². The van der Waals surface area contributed by atoms with Crippen molar-refractivity contribution in [1.82, 2.24) is 0 Å². The molecular formula is C13H15ClF3N. The summed E-state index contributed by atoms with van der Waals surface area (Å²) in [6.45, 7) is 1.73. The second-order valence-electron chi connectivity index (χ2n) is 4.63. The van der Waals surface area contributed by atoms with Gasteiger partial charge in [-0.3, -0.25) is 0 Å². The zero-order chi connectivity index (χ0) is 13.2.